The first kappa shape index (κ1) is 15.1. The molecule has 3 rings (SSSR count). The Bertz CT molecular complexity index is 644. The van der Waals surface area contributed by atoms with Gasteiger partial charge in [0.05, 0.1) is 5.69 Å². The average Bonchev–Trinajstić information content (AvgIpc) is 3.00. The molecule has 0 saturated carbocycles. The Morgan fingerprint density at radius 2 is 2.00 bits per heavy atom. The zero-order chi connectivity index (χ0) is 15.5. The van der Waals surface area contributed by atoms with Gasteiger partial charge in [-0.25, -0.2) is 0 Å². The van der Waals surface area contributed by atoms with E-state index < -0.39 is 0 Å². The van der Waals surface area contributed by atoms with Crippen LogP contribution in [0.3, 0.4) is 0 Å². The molecule has 0 unspecified atom stereocenters. The number of benzene rings is 1. The standard InChI is InChI=1S/C16H19ClN4O/c1-21-8-6-13(7-9-21)18-16(22)15-10-14(19-20-15)11-2-4-12(17)5-3-11/h2-5,10,13H,6-9H2,1H3,(H,18,22)(H,19,20). The van der Waals surface area contributed by atoms with Crippen molar-refractivity contribution in [1.82, 2.24) is 20.4 Å². The first-order chi connectivity index (χ1) is 10.6. The fourth-order valence-electron chi connectivity index (χ4n) is 2.62. The van der Waals surface area contributed by atoms with E-state index in [0.29, 0.717) is 10.7 Å². The van der Waals surface area contributed by atoms with Crippen LogP contribution in [0.15, 0.2) is 30.3 Å². The summed E-state index contributed by atoms with van der Waals surface area (Å²) in [6.45, 7) is 2.04. The van der Waals surface area contributed by atoms with Gasteiger partial charge in [0.1, 0.15) is 5.69 Å². The fourth-order valence-corrected chi connectivity index (χ4v) is 2.75. The fraction of sp³-hybridized carbons (Fsp3) is 0.375. The predicted molar refractivity (Wildman–Crippen MR) is 87.0 cm³/mol. The largest absolute Gasteiger partial charge is 0.348 e. The molecule has 1 fully saturated rings. The number of halogens is 1. The number of rotatable bonds is 3. The van der Waals surface area contributed by atoms with Crippen molar-refractivity contribution in [2.24, 2.45) is 0 Å². The van der Waals surface area contributed by atoms with Crippen LogP contribution in [0.2, 0.25) is 5.02 Å². The van der Waals surface area contributed by atoms with Crippen molar-refractivity contribution in [2.75, 3.05) is 20.1 Å². The van der Waals surface area contributed by atoms with Crippen molar-refractivity contribution in [3.63, 3.8) is 0 Å². The summed E-state index contributed by atoms with van der Waals surface area (Å²) in [7, 11) is 2.10. The summed E-state index contributed by atoms with van der Waals surface area (Å²) in [6, 6.07) is 9.40. The predicted octanol–water partition coefficient (Wildman–Crippen LogP) is 2.55. The summed E-state index contributed by atoms with van der Waals surface area (Å²) in [4.78, 5) is 14.6. The molecular formula is C16H19ClN4O. The highest BCUT2D eigenvalue weighted by atomic mass is 35.5. The van der Waals surface area contributed by atoms with Crippen LogP contribution in [0, 0.1) is 0 Å². The summed E-state index contributed by atoms with van der Waals surface area (Å²) in [6.07, 6.45) is 1.97. The second kappa shape index (κ2) is 6.50. The van der Waals surface area contributed by atoms with Crippen LogP contribution in [0.25, 0.3) is 11.3 Å². The van der Waals surface area contributed by atoms with Crippen molar-refractivity contribution in [3.8, 4) is 11.3 Å². The lowest BCUT2D eigenvalue weighted by Crippen LogP contribution is -2.43. The molecule has 0 spiro atoms. The zero-order valence-electron chi connectivity index (χ0n) is 12.5. The van der Waals surface area contributed by atoms with E-state index in [1.54, 1.807) is 6.07 Å². The molecule has 1 aromatic carbocycles. The maximum Gasteiger partial charge on any atom is 0.269 e. The molecule has 116 valence electrons. The quantitative estimate of drug-likeness (QED) is 0.914. The number of hydrogen-bond acceptors (Lipinski definition) is 3. The number of hydrogen-bond donors (Lipinski definition) is 2. The third kappa shape index (κ3) is 3.48. The molecule has 0 atom stereocenters. The summed E-state index contributed by atoms with van der Waals surface area (Å²) in [5.74, 6) is -0.0951. The number of nitrogens with one attached hydrogen (secondary N) is 2. The topological polar surface area (TPSA) is 61.0 Å². The molecule has 0 radical (unpaired) electrons. The highest BCUT2D eigenvalue weighted by molar-refractivity contribution is 6.30. The van der Waals surface area contributed by atoms with Crippen LogP contribution in [-0.2, 0) is 0 Å². The lowest BCUT2D eigenvalue weighted by Gasteiger charge is -2.29. The molecule has 1 aliphatic rings. The third-order valence-electron chi connectivity index (χ3n) is 4.02. The van der Waals surface area contributed by atoms with Crippen molar-refractivity contribution >= 4 is 17.5 Å². The lowest BCUT2D eigenvalue weighted by molar-refractivity contribution is 0.0912. The molecule has 5 nitrogen and oxygen atoms in total. The second-order valence-corrected chi connectivity index (χ2v) is 6.16. The number of nitrogens with zero attached hydrogens (tertiary/aromatic N) is 2. The maximum absolute atomic E-state index is 12.3. The van der Waals surface area contributed by atoms with E-state index in [2.05, 4.69) is 27.5 Å². The first-order valence-corrected chi connectivity index (χ1v) is 7.80. The van der Waals surface area contributed by atoms with Crippen LogP contribution in [-0.4, -0.2) is 47.2 Å². The molecule has 1 aliphatic heterocycles. The van der Waals surface area contributed by atoms with Crippen molar-refractivity contribution in [2.45, 2.75) is 18.9 Å². The van der Waals surface area contributed by atoms with Crippen molar-refractivity contribution < 1.29 is 4.79 Å². The summed E-state index contributed by atoms with van der Waals surface area (Å²) >= 11 is 5.88. The molecule has 2 N–H and O–H groups in total. The van der Waals surface area contributed by atoms with E-state index in [1.165, 1.54) is 0 Å². The van der Waals surface area contributed by atoms with Gasteiger partial charge in [0, 0.05) is 16.6 Å². The van der Waals surface area contributed by atoms with Gasteiger partial charge in [-0.2, -0.15) is 5.10 Å². The zero-order valence-corrected chi connectivity index (χ0v) is 13.2. The number of carbonyl (C=O) groups excluding carboxylic acids is 1. The highest BCUT2D eigenvalue weighted by Crippen LogP contribution is 2.20. The highest BCUT2D eigenvalue weighted by Gasteiger charge is 2.20. The second-order valence-electron chi connectivity index (χ2n) is 5.72. The SMILES string of the molecule is CN1CCC(NC(=O)c2cc(-c3ccc(Cl)cc3)n[nH]2)CC1. The molecule has 1 saturated heterocycles. The van der Waals surface area contributed by atoms with Gasteiger partial charge in [0.15, 0.2) is 0 Å². The van der Waals surface area contributed by atoms with E-state index in [9.17, 15) is 4.79 Å². The summed E-state index contributed by atoms with van der Waals surface area (Å²) in [5.41, 5.74) is 2.16. The van der Waals surface area contributed by atoms with Gasteiger partial charge in [0.2, 0.25) is 0 Å². The van der Waals surface area contributed by atoms with E-state index in [1.807, 2.05) is 24.3 Å². The van der Waals surface area contributed by atoms with Gasteiger partial charge in [0.25, 0.3) is 5.91 Å². The third-order valence-corrected chi connectivity index (χ3v) is 4.27. The molecule has 1 amide bonds. The Balaban J connectivity index is 1.65. The number of piperidine rings is 1. The number of H-pyrrole nitrogens is 1. The molecule has 1 aromatic heterocycles. The molecule has 2 aromatic rings. The monoisotopic (exact) mass is 318 g/mol. The van der Waals surface area contributed by atoms with Crippen LogP contribution in [0.4, 0.5) is 0 Å². The van der Waals surface area contributed by atoms with Crippen LogP contribution < -0.4 is 5.32 Å². The van der Waals surface area contributed by atoms with E-state index in [0.717, 1.165) is 37.2 Å². The number of amides is 1. The maximum atomic E-state index is 12.3. The molecule has 2 heterocycles. The number of aromatic amines is 1. The van der Waals surface area contributed by atoms with E-state index in [4.69, 9.17) is 11.6 Å². The van der Waals surface area contributed by atoms with Crippen LogP contribution >= 0.6 is 11.6 Å². The van der Waals surface area contributed by atoms with Crippen molar-refractivity contribution in [3.05, 3.63) is 41.0 Å². The van der Waals surface area contributed by atoms with Gasteiger partial charge < -0.3 is 10.2 Å². The number of aromatic nitrogens is 2. The Kier molecular flexibility index (Phi) is 4.45. The van der Waals surface area contributed by atoms with E-state index >= 15 is 0 Å². The van der Waals surface area contributed by atoms with Gasteiger partial charge in [-0.05, 0) is 51.2 Å². The number of carbonyl (C=O) groups is 1. The minimum absolute atomic E-state index is 0.0951. The molecular weight excluding hydrogens is 300 g/mol. The van der Waals surface area contributed by atoms with Crippen LogP contribution in [0.5, 0.6) is 0 Å². The normalized spacial score (nSPS) is 16.6. The minimum Gasteiger partial charge on any atom is -0.348 e. The van der Waals surface area contributed by atoms with Crippen molar-refractivity contribution in [1.29, 1.82) is 0 Å². The lowest BCUT2D eigenvalue weighted by atomic mass is 10.1. The Morgan fingerprint density at radius 3 is 2.68 bits per heavy atom. The summed E-state index contributed by atoms with van der Waals surface area (Å²) < 4.78 is 0. The van der Waals surface area contributed by atoms with Gasteiger partial charge in [-0.1, -0.05) is 23.7 Å². The summed E-state index contributed by atoms with van der Waals surface area (Å²) in [5, 5.41) is 10.8. The minimum atomic E-state index is -0.0951. The van der Waals surface area contributed by atoms with Crippen LogP contribution in [0.1, 0.15) is 23.3 Å². The average molecular weight is 319 g/mol. The smallest absolute Gasteiger partial charge is 0.269 e. The van der Waals surface area contributed by atoms with Gasteiger partial charge in [-0.15, -0.1) is 0 Å². The van der Waals surface area contributed by atoms with E-state index in [-0.39, 0.29) is 11.9 Å². The Hall–Kier alpha value is -1.85. The Morgan fingerprint density at radius 1 is 1.32 bits per heavy atom. The number of likely N-dealkylation sites (tertiary alicyclic amines) is 1. The van der Waals surface area contributed by atoms with Gasteiger partial charge in [-0.3, -0.25) is 9.89 Å². The van der Waals surface area contributed by atoms with Gasteiger partial charge >= 0.3 is 0 Å². The molecule has 0 bridgehead atoms. The Labute approximate surface area is 134 Å². The molecule has 6 heteroatoms. The molecule has 0 aliphatic carbocycles. The first-order valence-electron chi connectivity index (χ1n) is 7.42. The molecule has 22 heavy (non-hydrogen) atoms.